The van der Waals surface area contributed by atoms with E-state index in [9.17, 15) is 14.0 Å². The Labute approximate surface area is 187 Å². The lowest BCUT2D eigenvalue weighted by Gasteiger charge is -2.39. The number of hydrogen-bond donors (Lipinski definition) is 0. The molecule has 0 radical (unpaired) electrons. The molecule has 2 fully saturated rings. The fourth-order valence-corrected chi connectivity index (χ4v) is 5.26. The van der Waals surface area contributed by atoms with Crippen LogP contribution in [-0.4, -0.2) is 43.8 Å². The van der Waals surface area contributed by atoms with Crippen molar-refractivity contribution in [3.8, 4) is 0 Å². The van der Waals surface area contributed by atoms with E-state index in [4.69, 9.17) is 4.74 Å². The summed E-state index contributed by atoms with van der Waals surface area (Å²) < 4.78 is 22.8. The smallest absolute Gasteiger partial charge is 0.353 e. The molecule has 2 aromatic rings. The molecule has 2 saturated heterocycles. The summed E-state index contributed by atoms with van der Waals surface area (Å²) in [6, 6.07) is 7.66. The summed E-state index contributed by atoms with van der Waals surface area (Å²) in [7, 11) is 0. The topological polar surface area (TPSA) is 69.4 Å². The largest absolute Gasteiger partial charge is 0.373 e. The van der Waals surface area contributed by atoms with E-state index in [0.29, 0.717) is 43.2 Å². The summed E-state index contributed by atoms with van der Waals surface area (Å²) in [5, 5.41) is 0. The third-order valence-electron chi connectivity index (χ3n) is 6.86. The summed E-state index contributed by atoms with van der Waals surface area (Å²) in [5.41, 5.74) is -0.108. The fourth-order valence-electron chi connectivity index (χ4n) is 5.26. The SMILES string of the molecule is CCCn1c(C)nc(=O)n(CCCN2C3CCC2CC(OCc2ccccc2F)C3)c1=O. The van der Waals surface area contributed by atoms with E-state index in [-0.39, 0.29) is 17.6 Å². The number of piperidine rings is 1. The van der Waals surface area contributed by atoms with E-state index in [1.807, 2.05) is 13.0 Å². The molecule has 0 amide bonds. The highest BCUT2D eigenvalue weighted by molar-refractivity contribution is 5.16. The molecule has 4 rings (SSSR count). The molecule has 2 aliphatic heterocycles. The molecule has 0 N–H and O–H groups in total. The summed E-state index contributed by atoms with van der Waals surface area (Å²) in [6.07, 6.45) is 5.87. The Morgan fingerprint density at radius 1 is 1.06 bits per heavy atom. The highest BCUT2D eigenvalue weighted by Crippen LogP contribution is 2.37. The van der Waals surface area contributed by atoms with E-state index in [2.05, 4.69) is 9.88 Å². The molecule has 174 valence electrons. The van der Waals surface area contributed by atoms with Crippen molar-refractivity contribution in [2.24, 2.45) is 0 Å². The van der Waals surface area contributed by atoms with Crippen molar-refractivity contribution < 1.29 is 9.13 Å². The van der Waals surface area contributed by atoms with Crippen LogP contribution in [0.2, 0.25) is 0 Å². The molecule has 3 heterocycles. The Hall–Kier alpha value is -2.32. The minimum absolute atomic E-state index is 0.147. The zero-order valence-corrected chi connectivity index (χ0v) is 19.0. The number of ether oxygens (including phenoxy) is 1. The van der Waals surface area contributed by atoms with Crippen LogP contribution in [0.4, 0.5) is 4.39 Å². The van der Waals surface area contributed by atoms with Crippen molar-refractivity contribution in [1.82, 2.24) is 19.0 Å². The van der Waals surface area contributed by atoms with Crippen molar-refractivity contribution >= 4 is 0 Å². The summed E-state index contributed by atoms with van der Waals surface area (Å²) in [5.74, 6) is 0.264. The standard InChI is InChI=1S/C24H33FN4O3/c1-3-11-27-17(2)26-23(30)29(24(27)31)13-6-12-28-19-9-10-20(28)15-21(14-19)32-16-18-7-4-5-8-22(18)25/h4-5,7-8,19-21H,3,6,9-16H2,1-2H3. The van der Waals surface area contributed by atoms with Gasteiger partial charge in [-0.25, -0.2) is 18.5 Å². The minimum atomic E-state index is -0.455. The third-order valence-corrected chi connectivity index (χ3v) is 6.86. The van der Waals surface area contributed by atoms with E-state index < -0.39 is 5.69 Å². The number of nitrogens with zero attached hydrogens (tertiary/aromatic N) is 4. The summed E-state index contributed by atoms with van der Waals surface area (Å²) >= 11 is 0. The van der Waals surface area contributed by atoms with Crippen LogP contribution < -0.4 is 11.4 Å². The molecule has 2 unspecified atom stereocenters. The molecule has 1 aromatic heterocycles. The van der Waals surface area contributed by atoms with Crippen molar-refractivity contribution in [3.05, 3.63) is 62.4 Å². The zero-order chi connectivity index (χ0) is 22.7. The Morgan fingerprint density at radius 3 is 2.47 bits per heavy atom. The lowest BCUT2D eigenvalue weighted by atomic mass is 9.99. The summed E-state index contributed by atoms with van der Waals surface area (Å²) in [6.45, 7) is 5.83. The maximum atomic E-state index is 13.9. The van der Waals surface area contributed by atoms with Gasteiger partial charge in [0.2, 0.25) is 0 Å². The van der Waals surface area contributed by atoms with E-state index in [1.165, 1.54) is 10.6 Å². The number of rotatable bonds is 9. The molecular weight excluding hydrogens is 411 g/mol. The number of fused-ring (bicyclic) bond motifs is 2. The first-order chi connectivity index (χ1) is 15.5. The van der Waals surface area contributed by atoms with Gasteiger partial charge in [0.1, 0.15) is 11.6 Å². The molecule has 2 atom stereocenters. The van der Waals surface area contributed by atoms with Gasteiger partial charge in [0.25, 0.3) is 0 Å². The monoisotopic (exact) mass is 444 g/mol. The average molecular weight is 445 g/mol. The van der Waals surface area contributed by atoms with Crippen molar-refractivity contribution in [1.29, 1.82) is 0 Å². The van der Waals surface area contributed by atoms with Crippen molar-refractivity contribution in [2.75, 3.05) is 6.54 Å². The molecule has 0 saturated carbocycles. The molecule has 32 heavy (non-hydrogen) atoms. The van der Waals surface area contributed by atoms with Crippen LogP contribution >= 0.6 is 0 Å². The molecule has 2 bridgehead atoms. The number of halogens is 1. The number of benzene rings is 1. The van der Waals surface area contributed by atoms with Crippen LogP contribution in [-0.2, 0) is 24.4 Å². The molecular formula is C24H33FN4O3. The van der Waals surface area contributed by atoms with Crippen LogP contribution in [0.3, 0.4) is 0 Å². The lowest BCUT2D eigenvalue weighted by molar-refractivity contribution is -0.0293. The van der Waals surface area contributed by atoms with Gasteiger partial charge < -0.3 is 4.74 Å². The van der Waals surface area contributed by atoms with Crippen LogP contribution in [0.1, 0.15) is 56.8 Å². The number of aromatic nitrogens is 3. The van der Waals surface area contributed by atoms with Gasteiger partial charge in [-0.2, -0.15) is 4.98 Å². The van der Waals surface area contributed by atoms with Crippen LogP contribution in [0.25, 0.3) is 0 Å². The second-order valence-electron chi connectivity index (χ2n) is 9.00. The van der Waals surface area contributed by atoms with Crippen LogP contribution in [0, 0.1) is 12.7 Å². The highest BCUT2D eigenvalue weighted by Gasteiger charge is 2.40. The van der Waals surface area contributed by atoms with Gasteiger partial charge in [-0.05, 0) is 51.5 Å². The first-order valence-corrected chi connectivity index (χ1v) is 11.8. The van der Waals surface area contributed by atoms with Gasteiger partial charge in [0, 0.05) is 37.3 Å². The normalized spacial score (nSPS) is 23.0. The first-order valence-electron chi connectivity index (χ1n) is 11.8. The van der Waals surface area contributed by atoms with Crippen LogP contribution in [0.5, 0.6) is 0 Å². The predicted molar refractivity (Wildman–Crippen MR) is 120 cm³/mol. The summed E-state index contributed by atoms with van der Waals surface area (Å²) in [4.78, 5) is 31.5. The fraction of sp³-hybridized carbons (Fsp3) is 0.625. The molecule has 2 aliphatic rings. The van der Waals surface area contributed by atoms with Gasteiger partial charge in [0.15, 0.2) is 0 Å². The van der Waals surface area contributed by atoms with Gasteiger partial charge in [0.05, 0.1) is 12.7 Å². The zero-order valence-electron chi connectivity index (χ0n) is 19.0. The second kappa shape index (κ2) is 10.1. The first kappa shape index (κ1) is 22.9. The Kier molecular flexibility index (Phi) is 7.20. The van der Waals surface area contributed by atoms with Crippen LogP contribution in [0.15, 0.2) is 33.9 Å². The van der Waals surface area contributed by atoms with E-state index in [0.717, 1.165) is 45.1 Å². The van der Waals surface area contributed by atoms with Crippen molar-refractivity contribution in [2.45, 2.75) is 90.3 Å². The second-order valence-corrected chi connectivity index (χ2v) is 9.00. The Bertz CT molecular complexity index is 1040. The molecule has 0 aliphatic carbocycles. The third kappa shape index (κ3) is 4.86. The molecule has 7 nitrogen and oxygen atoms in total. The minimum Gasteiger partial charge on any atom is -0.373 e. The quantitative estimate of drug-likeness (QED) is 0.595. The van der Waals surface area contributed by atoms with Gasteiger partial charge in [-0.1, -0.05) is 25.1 Å². The maximum Gasteiger partial charge on any atom is 0.353 e. The van der Waals surface area contributed by atoms with Gasteiger partial charge in [-0.3, -0.25) is 9.47 Å². The predicted octanol–water partition coefficient (Wildman–Crippen LogP) is 2.86. The highest BCUT2D eigenvalue weighted by atomic mass is 19.1. The average Bonchev–Trinajstić information content (AvgIpc) is 3.00. The maximum absolute atomic E-state index is 13.9. The molecule has 1 aromatic carbocycles. The van der Waals surface area contributed by atoms with Gasteiger partial charge in [-0.15, -0.1) is 0 Å². The Balaban J connectivity index is 1.32. The van der Waals surface area contributed by atoms with E-state index in [1.54, 1.807) is 23.6 Å². The Morgan fingerprint density at radius 2 is 1.78 bits per heavy atom. The lowest BCUT2D eigenvalue weighted by Crippen LogP contribution is -2.47. The van der Waals surface area contributed by atoms with E-state index >= 15 is 0 Å². The number of hydrogen-bond acceptors (Lipinski definition) is 5. The molecule has 8 heteroatoms. The van der Waals surface area contributed by atoms with Gasteiger partial charge >= 0.3 is 11.4 Å². The number of aryl methyl sites for hydroxylation is 1. The van der Waals surface area contributed by atoms with Crippen molar-refractivity contribution in [3.63, 3.8) is 0 Å². The molecule has 0 spiro atoms.